The highest BCUT2D eigenvalue weighted by Gasteiger charge is 2.49. The average Bonchev–Trinajstić information content (AvgIpc) is 0.834. The van der Waals surface area contributed by atoms with Crippen molar-refractivity contribution in [2.75, 3.05) is 121 Å². The number of aliphatic hydroxyl groups excluding tert-OH is 1. The van der Waals surface area contributed by atoms with Gasteiger partial charge in [-0.15, -0.1) is 23.1 Å². The Kier molecular flexibility index (Phi) is 28.9. The molecule has 30 heteroatoms. The van der Waals surface area contributed by atoms with Gasteiger partial charge in [0, 0.05) is 150 Å². The molecule has 112 heavy (non-hydrogen) atoms. The number of ether oxygens (including phenoxy) is 1. The van der Waals surface area contributed by atoms with Crippen LogP contribution in [0.25, 0.3) is 10.4 Å². The second-order valence-electron chi connectivity index (χ2n) is 31.5. The summed E-state index contributed by atoms with van der Waals surface area (Å²) in [5.41, 5.74) is 0.946. The molecule has 0 spiro atoms. The molecule has 5 N–H and O–H groups in total. The van der Waals surface area contributed by atoms with Crippen LogP contribution in [0.2, 0.25) is 5.02 Å². The van der Waals surface area contributed by atoms with Gasteiger partial charge in [-0.1, -0.05) is 118 Å². The highest BCUT2D eigenvalue weighted by Crippen LogP contribution is 2.44. The van der Waals surface area contributed by atoms with Crippen molar-refractivity contribution >= 4 is 95.5 Å². The molecule has 5 amide bonds. The minimum Gasteiger partial charge on any atom is -0.391 e. The molecule has 11 rings (SSSR count). The van der Waals surface area contributed by atoms with Crippen molar-refractivity contribution in [3.8, 4) is 10.4 Å². The number of sulfonamides is 1. The van der Waals surface area contributed by atoms with Crippen LogP contribution in [-0.4, -0.2) is 221 Å². The van der Waals surface area contributed by atoms with Crippen LogP contribution in [0.4, 0.5) is 24.5 Å². The predicted molar refractivity (Wildman–Crippen MR) is 433 cm³/mol. The largest absolute Gasteiger partial charge is 0.501 e. The Morgan fingerprint density at radius 1 is 0.786 bits per heavy atom. The van der Waals surface area contributed by atoms with E-state index >= 15 is 0 Å². The number of sulfone groups is 1. The van der Waals surface area contributed by atoms with E-state index in [4.69, 9.17) is 16.3 Å². The van der Waals surface area contributed by atoms with Crippen LogP contribution in [0.1, 0.15) is 138 Å². The Morgan fingerprint density at radius 3 is 2.11 bits per heavy atom. The fourth-order valence-electron chi connectivity index (χ4n) is 15.5. The zero-order valence-electron chi connectivity index (χ0n) is 64.6. The number of aliphatic hydroxyl groups is 1. The van der Waals surface area contributed by atoms with E-state index in [2.05, 4.69) is 65.7 Å². The highest BCUT2D eigenvalue weighted by molar-refractivity contribution is 7.99. The zero-order valence-corrected chi connectivity index (χ0v) is 68.6. The minimum atomic E-state index is -6.11. The molecule has 5 aromatic carbocycles. The lowest BCUT2D eigenvalue weighted by Crippen LogP contribution is -2.57. The molecule has 0 unspecified atom stereocenters. The molecule has 1 aromatic heterocycles. The Morgan fingerprint density at radius 2 is 1.46 bits per heavy atom. The first-order chi connectivity index (χ1) is 53.3. The van der Waals surface area contributed by atoms with Crippen LogP contribution in [0.3, 0.4) is 0 Å². The molecule has 4 aliphatic heterocycles. The SMILES string of the molecule is Cc1ncsc1-c1ccc([C@H](C)NC(=O)[C@@H]2C[C@@H](O)CN2C(=O)[C@@H](NC(=O)CCCCCCC(=O)N2CCN(C[C@@]3(C)C=C(CN4CCN(c5ccc(C(=O)NS(=O)(=O)c6ccc(N[C@H](CCN7CCOCC7)CSc7ccccc7)c(S(=O)(=O)C(F)(F)F)c6)cc5)CC4)[C@@H](c4ccc(Cl)cc4)CC3)CC2)C(C)(C)C)cc1. The lowest BCUT2D eigenvalue weighted by Gasteiger charge is -2.44. The first-order valence-corrected chi connectivity index (χ1v) is 43.9. The van der Waals surface area contributed by atoms with Gasteiger partial charge in [0.1, 0.15) is 17.0 Å². The van der Waals surface area contributed by atoms with Gasteiger partial charge >= 0.3 is 5.51 Å². The van der Waals surface area contributed by atoms with Crippen LogP contribution in [0.15, 0.2) is 153 Å². The fraction of sp³-hybridized carbons (Fsp3) is 0.512. The lowest BCUT2D eigenvalue weighted by atomic mass is 9.71. The smallest absolute Gasteiger partial charge is 0.391 e. The highest BCUT2D eigenvalue weighted by atomic mass is 35.5. The van der Waals surface area contributed by atoms with Gasteiger partial charge in [0.2, 0.25) is 23.6 Å². The van der Waals surface area contributed by atoms with Crippen molar-refractivity contribution in [3.63, 3.8) is 0 Å². The molecule has 606 valence electrons. The molecule has 0 radical (unpaired) electrons. The number of amides is 5. The quantitative estimate of drug-likeness (QED) is 0.0154. The van der Waals surface area contributed by atoms with Crippen LogP contribution in [-0.2, 0) is 43.8 Å². The summed E-state index contributed by atoms with van der Waals surface area (Å²) in [6, 6.07) is 31.4. The molecule has 4 fully saturated rings. The van der Waals surface area contributed by atoms with E-state index in [-0.39, 0.29) is 60.0 Å². The molecule has 4 saturated heterocycles. The van der Waals surface area contributed by atoms with Crippen molar-refractivity contribution < 1.29 is 63.8 Å². The van der Waals surface area contributed by atoms with Gasteiger partial charge < -0.3 is 40.5 Å². The second-order valence-corrected chi connectivity index (χ2v) is 37.5. The monoisotopic (exact) mass is 1640 g/mol. The molecule has 22 nitrogen and oxygen atoms in total. The number of carbonyl (C=O) groups excluding carboxylic acids is 5. The number of piperazine rings is 2. The average molecular weight is 1640 g/mol. The first kappa shape index (κ1) is 85.4. The maximum absolute atomic E-state index is 14.4. The predicted octanol–water partition coefficient (Wildman–Crippen LogP) is 12.0. The molecule has 0 bridgehead atoms. The third kappa shape index (κ3) is 22.6. The number of benzene rings is 5. The van der Waals surface area contributed by atoms with Crippen LogP contribution < -0.4 is 25.6 Å². The third-order valence-electron chi connectivity index (χ3n) is 22.0. The molecule has 5 aliphatic rings. The molecule has 5 heterocycles. The summed E-state index contributed by atoms with van der Waals surface area (Å²) >= 11 is 9.40. The second kappa shape index (κ2) is 37.9. The van der Waals surface area contributed by atoms with Crippen molar-refractivity contribution in [1.82, 2.24) is 44.8 Å². The number of rotatable bonds is 31. The van der Waals surface area contributed by atoms with Crippen molar-refractivity contribution in [1.29, 1.82) is 0 Å². The van der Waals surface area contributed by atoms with Gasteiger partial charge in [0.25, 0.3) is 25.8 Å². The van der Waals surface area contributed by atoms with Gasteiger partial charge in [-0.3, -0.25) is 38.7 Å². The molecule has 0 saturated carbocycles. The maximum Gasteiger partial charge on any atom is 0.501 e. The zero-order chi connectivity index (χ0) is 80.1. The van der Waals surface area contributed by atoms with Crippen molar-refractivity contribution in [2.24, 2.45) is 10.8 Å². The number of nitrogens with zero attached hydrogens (tertiary/aromatic N) is 7. The van der Waals surface area contributed by atoms with E-state index in [1.54, 1.807) is 23.5 Å². The maximum atomic E-state index is 14.4. The first-order valence-electron chi connectivity index (χ1n) is 38.7. The summed E-state index contributed by atoms with van der Waals surface area (Å²) in [7, 11) is -11.0. The van der Waals surface area contributed by atoms with Gasteiger partial charge in [-0.2, -0.15) is 13.2 Å². The molecule has 6 aromatic rings. The summed E-state index contributed by atoms with van der Waals surface area (Å²) < 4.78 is 105. The summed E-state index contributed by atoms with van der Waals surface area (Å²) in [6.07, 6.45) is 7.38. The number of alkyl halides is 3. The standard InChI is InChI=1S/C82H105ClF3N11O11S4/c1-56(58-18-20-60(21-19-58)75-57(2)87-55-110-75)88-78(102)71-48-66(98)52-97(71)79(103)76(80(3,4)5)90-73(99)16-12-7-8-13-17-74(100)96-42-38-94(39-43-96)54-81(6)34-32-69(59-22-26-63(83)27-23-59)62(50-81)51-93-36-40-95(41-37-93)65-28-24-61(25-29-65)77(101)91-112(106,107)68-30-31-70(72(49-68)111(104,105)82(84,85)86)89-64(33-35-92-44-46-108-47-45-92)53-109-67-14-10-9-11-15-67/h9-11,14-15,18-31,49-50,55-56,64,66,69,71,76,89,98H,7-8,12-13,16-17,32-48,51-54H2,1-6H3,(H,88,102)(H,90,99)(H,91,101)/t56-,64+,66+,69+,71-,76+,81+/m0/s1. The van der Waals surface area contributed by atoms with Gasteiger partial charge in [0.15, 0.2) is 0 Å². The number of aromatic nitrogens is 1. The lowest BCUT2D eigenvalue weighted by molar-refractivity contribution is -0.144. The number of carbonyl (C=O) groups is 5. The van der Waals surface area contributed by atoms with E-state index in [0.29, 0.717) is 102 Å². The Labute approximate surface area is 670 Å². The third-order valence-corrected chi connectivity index (χ3v) is 27.2. The number of aryl methyl sites for hydroxylation is 1. The van der Waals surface area contributed by atoms with E-state index in [1.807, 2.05) is 116 Å². The molecule has 1 aliphatic carbocycles. The normalized spacial score (nSPS) is 20.7. The number of halogens is 4. The number of nitrogens with one attached hydrogen (secondary N) is 4. The van der Waals surface area contributed by atoms with Crippen LogP contribution in [0, 0.1) is 17.8 Å². The fourth-order valence-corrected chi connectivity index (χ4v) is 19.5. The van der Waals surface area contributed by atoms with E-state index in [1.165, 1.54) is 39.9 Å². The Balaban J connectivity index is 0.626. The van der Waals surface area contributed by atoms with Gasteiger partial charge in [-0.05, 0) is 140 Å². The van der Waals surface area contributed by atoms with Crippen LogP contribution in [0.5, 0.6) is 0 Å². The summed E-state index contributed by atoms with van der Waals surface area (Å²) in [4.78, 5) is 85.7. The molecule has 7 atom stereocenters. The number of hydrogen-bond acceptors (Lipinski definition) is 19. The van der Waals surface area contributed by atoms with Crippen LogP contribution >= 0.6 is 34.7 Å². The van der Waals surface area contributed by atoms with Crippen molar-refractivity contribution in [2.45, 2.75) is 162 Å². The number of thioether (sulfide) groups is 1. The molecular weight excluding hydrogens is 1540 g/mol. The number of anilines is 2. The number of likely N-dealkylation sites (tertiary alicyclic amines) is 1. The number of thiazole rings is 1. The number of hydrogen-bond donors (Lipinski definition) is 5. The Hall–Kier alpha value is -7.45. The number of β-amino-alcohol motifs (C(OH)–C–C–N with tert-alkyl or cyclic N) is 1. The summed E-state index contributed by atoms with van der Waals surface area (Å²) in [6.45, 7) is 21.8. The topological polar surface area (TPSA) is 264 Å². The number of unbranched alkanes of at least 4 members (excludes halogenated alkanes) is 3. The summed E-state index contributed by atoms with van der Waals surface area (Å²) in [5.74, 6) is -1.47. The molecular formula is C82H105ClF3N11O11S4. The van der Waals surface area contributed by atoms with Gasteiger partial charge in [0.05, 0.1) is 52.0 Å². The Bertz CT molecular complexity index is 4480. The minimum absolute atomic E-state index is 0.0215. The number of morpholine rings is 1. The summed E-state index contributed by atoms with van der Waals surface area (Å²) in [5, 5.41) is 20.5. The van der Waals surface area contributed by atoms with E-state index in [0.717, 1.165) is 109 Å². The van der Waals surface area contributed by atoms with E-state index < -0.39 is 82.3 Å². The van der Waals surface area contributed by atoms with Crippen molar-refractivity contribution in [3.05, 3.63) is 166 Å². The van der Waals surface area contributed by atoms with Gasteiger partial charge in [-0.25, -0.2) is 26.5 Å². The van der Waals surface area contributed by atoms with E-state index in [9.17, 15) is 59.1 Å².